The normalized spacial score (nSPS) is 12.7. The lowest BCUT2D eigenvalue weighted by Gasteiger charge is -2.21. The number of hydrogen-bond donors (Lipinski definition) is 1. The first kappa shape index (κ1) is 31.5. The van der Waals surface area contributed by atoms with Crippen LogP contribution in [0.15, 0.2) is 132 Å². The second-order valence-corrected chi connectivity index (χ2v) is 16.4. The standard InChI is InChI=1S/C48H40N4O/c1-47(2,3)28-20-21-41-34(23-28)35-24-29(48(4,5)6)25-37(44(35)51-41)39-16-11-17-40(50-39)38-27-30(26-36-32-14-8-10-19-43(32)53-45(36)38)52-42-18-9-7-13-31(42)33-15-12-22-49-46(33)52/h7-27,51H,1-6H3. The highest BCUT2D eigenvalue weighted by atomic mass is 16.3. The first-order chi connectivity index (χ1) is 25.5. The average Bonchev–Trinajstić information content (AvgIpc) is 3.83. The quantitative estimate of drug-likeness (QED) is 0.201. The van der Waals surface area contributed by atoms with Crippen molar-refractivity contribution in [3.8, 4) is 28.2 Å². The van der Waals surface area contributed by atoms with Gasteiger partial charge in [-0.05, 0) is 94.8 Å². The number of pyridine rings is 2. The van der Waals surface area contributed by atoms with Gasteiger partial charge in [0.1, 0.15) is 16.8 Å². The van der Waals surface area contributed by atoms with E-state index in [9.17, 15) is 0 Å². The zero-order valence-electron chi connectivity index (χ0n) is 30.9. The van der Waals surface area contributed by atoms with Crippen molar-refractivity contribution in [2.75, 3.05) is 0 Å². The first-order valence-corrected chi connectivity index (χ1v) is 18.4. The zero-order chi connectivity index (χ0) is 36.2. The lowest BCUT2D eigenvalue weighted by molar-refractivity contribution is 0.590. The number of H-pyrrole nitrogens is 1. The van der Waals surface area contributed by atoms with Gasteiger partial charge in [-0.25, -0.2) is 9.97 Å². The van der Waals surface area contributed by atoms with Crippen molar-refractivity contribution in [3.63, 3.8) is 0 Å². The smallest absolute Gasteiger partial charge is 0.145 e. The van der Waals surface area contributed by atoms with Gasteiger partial charge in [-0.1, -0.05) is 90.1 Å². The number of para-hydroxylation sites is 2. The number of nitrogens with one attached hydrogen (secondary N) is 1. The van der Waals surface area contributed by atoms with Crippen LogP contribution in [0.3, 0.4) is 0 Å². The van der Waals surface area contributed by atoms with Crippen molar-refractivity contribution in [3.05, 3.63) is 139 Å². The Hall–Kier alpha value is -6.20. The van der Waals surface area contributed by atoms with E-state index in [4.69, 9.17) is 14.4 Å². The molecule has 10 rings (SSSR count). The van der Waals surface area contributed by atoms with E-state index in [0.29, 0.717) is 0 Å². The molecule has 0 atom stereocenters. The summed E-state index contributed by atoms with van der Waals surface area (Å²) in [6, 6.07) is 43.3. The van der Waals surface area contributed by atoms with Crippen LogP contribution in [0.4, 0.5) is 0 Å². The summed E-state index contributed by atoms with van der Waals surface area (Å²) in [5, 5.41) is 6.88. The molecule has 0 spiro atoms. The Labute approximate surface area is 307 Å². The van der Waals surface area contributed by atoms with Gasteiger partial charge < -0.3 is 9.40 Å². The maximum absolute atomic E-state index is 6.67. The molecule has 0 saturated carbocycles. The Morgan fingerprint density at radius 3 is 2.09 bits per heavy atom. The molecular formula is C48H40N4O. The van der Waals surface area contributed by atoms with Crippen molar-refractivity contribution >= 4 is 65.7 Å². The molecule has 5 aromatic carbocycles. The summed E-state index contributed by atoms with van der Waals surface area (Å²) < 4.78 is 8.94. The van der Waals surface area contributed by atoms with Gasteiger partial charge in [0.15, 0.2) is 0 Å². The fourth-order valence-electron chi connectivity index (χ4n) is 8.02. The maximum Gasteiger partial charge on any atom is 0.145 e. The van der Waals surface area contributed by atoms with E-state index in [-0.39, 0.29) is 10.8 Å². The first-order valence-electron chi connectivity index (χ1n) is 18.4. The van der Waals surface area contributed by atoms with Crippen LogP contribution in [0.25, 0.3) is 93.9 Å². The summed E-state index contributed by atoms with van der Waals surface area (Å²) in [6.07, 6.45) is 1.87. The molecule has 0 saturated heterocycles. The number of fused-ring (bicyclic) bond motifs is 9. The molecule has 0 bridgehead atoms. The van der Waals surface area contributed by atoms with E-state index in [2.05, 4.69) is 154 Å². The molecule has 258 valence electrons. The summed E-state index contributed by atoms with van der Waals surface area (Å²) in [6.45, 7) is 13.7. The molecule has 0 aliphatic heterocycles. The monoisotopic (exact) mass is 688 g/mol. The average molecular weight is 689 g/mol. The summed E-state index contributed by atoms with van der Waals surface area (Å²) in [7, 11) is 0. The van der Waals surface area contributed by atoms with Crippen LogP contribution in [0, 0.1) is 0 Å². The van der Waals surface area contributed by atoms with E-state index in [1.54, 1.807) is 0 Å². The van der Waals surface area contributed by atoms with E-state index < -0.39 is 0 Å². The molecule has 10 aromatic rings. The number of aromatic amines is 1. The summed E-state index contributed by atoms with van der Waals surface area (Å²) in [5.41, 5.74) is 13.3. The van der Waals surface area contributed by atoms with Gasteiger partial charge in [0.05, 0.1) is 22.4 Å². The van der Waals surface area contributed by atoms with Gasteiger partial charge in [0.25, 0.3) is 0 Å². The molecule has 0 aliphatic rings. The molecule has 0 unspecified atom stereocenters. The van der Waals surface area contributed by atoms with E-state index >= 15 is 0 Å². The molecule has 0 aliphatic carbocycles. The molecular weight excluding hydrogens is 649 g/mol. The second-order valence-electron chi connectivity index (χ2n) is 16.4. The van der Waals surface area contributed by atoms with Crippen molar-refractivity contribution < 1.29 is 4.42 Å². The van der Waals surface area contributed by atoms with Gasteiger partial charge in [-0.15, -0.1) is 0 Å². The predicted molar refractivity (Wildman–Crippen MR) is 221 cm³/mol. The van der Waals surface area contributed by atoms with Gasteiger partial charge in [-0.3, -0.25) is 4.57 Å². The third kappa shape index (κ3) is 4.91. The van der Waals surface area contributed by atoms with E-state index in [1.807, 2.05) is 24.4 Å². The molecule has 0 fully saturated rings. The van der Waals surface area contributed by atoms with Crippen molar-refractivity contribution in [1.29, 1.82) is 0 Å². The fourth-order valence-corrected chi connectivity index (χ4v) is 8.02. The van der Waals surface area contributed by atoms with Crippen molar-refractivity contribution in [2.24, 2.45) is 0 Å². The molecule has 0 amide bonds. The Morgan fingerprint density at radius 2 is 1.28 bits per heavy atom. The highest BCUT2D eigenvalue weighted by Gasteiger charge is 2.23. The van der Waals surface area contributed by atoms with Gasteiger partial charge in [-0.2, -0.15) is 0 Å². The van der Waals surface area contributed by atoms with E-state index in [0.717, 1.165) is 77.7 Å². The minimum atomic E-state index is -0.0586. The molecule has 5 heterocycles. The Bertz CT molecular complexity index is 3030. The van der Waals surface area contributed by atoms with Gasteiger partial charge >= 0.3 is 0 Å². The third-order valence-corrected chi connectivity index (χ3v) is 10.9. The number of aromatic nitrogens is 4. The highest BCUT2D eigenvalue weighted by molar-refractivity contribution is 6.14. The third-order valence-electron chi connectivity index (χ3n) is 10.9. The summed E-state index contributed by atoms with van der Waals surface area (Å²) in [5.74, 6) is 0. The van der Waals surface area contributed by atoms with Crippen LogP contribution in [0.5, 0.6) is 0 Å². The van der Waals surface area contributed by atoms with Crippen molar-refractivity contribution in [1.82, 2.24) is 19.5 Å². The number of nitrogens with zero attached hydrogens (tertiary/aromatic N) is 3. The highest BCUT2D eigenvalue weighted by Crippen LogP contribution is 2.42. The Morgan fingerprint density at radius 1 is 0.566 bits per heavy atom. The van der Waals surface area contributed by atoms with Crippen LogP contribution in [-0.2, 0) is 10.8 Å². The molecule has 5 aromatic heterocycles. The van der Waals surface area contributed by atoms with Crippen LogP contribution in [0.1, 0.15) is 52.7 Å². The minimum absolute atomic E-state index is 0.0456. The number of benzene rings is 5. The largest absolute Gasteiger partial charge is 0.455 e. The molecule has 0 radical (unpaired) electrons. The summed E-state index contributed by atoms with van der Waals surface area (Å²) in [4.78, 5) is 14.2. The van der Waals surface area contributed by atoms with Crippen LogP contribution < -0.4 is 0 Å². The zero-order valence-corrected chi connectivity index (χ0v) is 30.9. The van der Waals surface area contributed by atoms with Crippen molar-refractivity contribution in [2.45, 2.75) is 52.4 Å². The number of rotatable bonds is 3. The molecule has 5 heteroatoms. The predicted octanol–water partition coefficient (Wildman–Crippen LogP) is 13.0. The molecule has 1 N–H and O–H groups in total. The second kappa shape index (κ2) is 11.1. The SMILES string of the molecule is CC(C)(C)c1ccc2[nH]c3c(-c4cccc(-c5cc(-n6c7ccccc7c7cccnc76)cc6c5oc5ccccc56)n4)cc(C(C)(C)C)cc3c2c1. The number of hydrogen-bond acceptors (Lipinski definition) is 3. The fraction of sp³-hybridized carbons (Fsp3) is 0.167. The summed E-state index contributed by atoms with van der Waals surface area (Å²) >= 11 is 0. The van der Waals surface area contributed by atoms with Gasteiger partial charge in [0, 0.05) is 60.8 Å². The Balaban J connectivity index is 1.24. The number of furan rings is 1. The molecule has 53 heavy (non-hydrogen) atoms. The Kier molecular flexibility index (Phi) is 6.63. The molecule has 5 nitrogen and oxygen atoms in total. The van der Waals surface area contributed by atoms with Gasteiger partial charge in [0.2, 0.25) is 0 Å². The van der Waals surface area contributed by atoms with Crippen LogP contribution in [-0.4, -0.2) is 19.5 Å². The van der Waals surface area contributed by atoms with Crippen LogP contribution >= 0.6 is 0 Å². The van der Waals surface area contributed by atoms with E-state index in [1.165, 1.54) is 27.3 Å². The minimum Gasteiger partial charge on any atom is -0.455 e. The maximum atomic E-state index is 6.67. The topological polar surface area (TPSA) is 59.6 Å². The lowest BCUT2D eigenvalue weighted by Crippen LogP contribution is -2.11. The lowest BCUT2D eigenvalue weighted by atomic mass is 9.84. The van der Waals surface area contributed by atoms with Crippen LogP contribution in [0.2, 0.25) is 0 Å².